The zero-order chi connectivity index (χ0) is 19.4. The molecule has 0 unspecified atom stereocenters. The van der Waals surface area contributed by atoms with E-state index >= 15 is 0 Å². The molecule has 2 heterocycles. The van der Waals surface area contributed by atoms with E-state index in [1.807, 2.05) is 0 Å². The highest BCUT2D eigenvalue weighted by Gasteiger charge is 2.17. The molecule has 3 aromatic rings. The fraction of sp³-hybridized carbons (Fsp3) is 0.0556. The van der Waals surface area contributed by atoms with E-state index in [-0.39, 0.29) is 11.3 Å². The van der Waals surface area contributed by atoms with Gasteiger partial charge in [0.2, 0.25) is 5.43 Å². The molecule has 2 aromatic heterocycles. The molecule has 0 saturated carbocycles. The van der Waals surface area contributed by atoms with Crippen molar-refractivity contribution in [2.45, 2.75) is 6.92 Å². The van der Waals surface area contributed by atoms with Crippen LogP contribution in [0.3, 0.4) is 0 Å². The van der Waals surface area contributed by atoms with Gasteiger partial charge in [-0.2, -0.15) is 5.10 Å². The number of hydrogen-bond donors (Lipinski definition) is 2. The summed E-state index contributed by atoms with van der Waals surface area (Å²) in [7, 11) is 0. The molecule has 3 rings (SSSR count). The summed E-state index contributed by atoms with van der Waals surface area (Å²) in [6, 6.07) is 10.0. The van der Waals surface area contributed by atoms with Crippen molar-refractivity contribution in [2.75, 3.05) is 0 Å². The number of rotatable bonds is 3. The zero-order valence-electron chi connectivity index (χ0n) is 14.1. The van der Waals surface area contributed by atoms with Crippen LogP contribution in [-0.2, 0) is 0 Å². The van der Waals surface area contributed by atoms with Gasteiger partial charge in [0.25, 0.3) is 11.8 Å². The summed E-state index contributed by atoms with van der Waals surface area (Å²) in [6.07, 6.45) is 2.81. The van der Waals surface area contributed by atoms with Crippen LogP contribution in [0.15, 0.2) is 59.7 Å². The van der Waals surface area contributed by atoms with Gasteiger partial charge in [0.15, 0.2) is 5.69 Å². The third-order valence-electron chi connectivity index (χ3n) is 3.62. The Balaban J connectivity index is 1.85. The Labute approximate surface area is 152 Å². The molecule has 0 aliphatic carbocycles. The average molecular weight is 367 g/mol. The first-order valence-corrected chi connectivity index (χ1v) is 7.84. The van der Waals surface area contributed by atoms with Gasteiger partial charge in [-0.25, -0.2) is 9.07 Å². The van der Waals surface area contributed by atoms with Crippen LogP contribution in [0.2, 0.25) is 0 Å². The van der Waals surface area contributed by atoms with E-state index in [1.54, 1.807) is 19.1 Å². The molecule has 0 fully saturated rings. The number of carbonyl (C=O) groups excluding carboxylic acids is 2. The molecule has 0 saturated heterocycles. The highest BCUT2D eigenvalue weighted by molar-refractivity contribution is 5.97. The maximum absolute atomic E-state index is 14.0. The van der Waals surface area contributed by atoms with Crippen LogP contribution in [0.1, 0.15) is 26.5 Å². The highest BCUT2D eigenvalue weighted by Crippen LogP contribution is 2.13. The lowest BCUT2D eigenvalue weighted by molar-refractivity contribution is 0.0842. The molecule has 9 heteroatoms. The Bertz CT molecular complexity index is 1070. The van der Waals surface area contributed by atoms with Gasteiger partial charge in [-0.15, -0.1) is 0 Å². The minimum Gasteiger partial charge on any atom is -0.287 e. The highest BCUT2D eigenvalue weighted by atomic mass is 19.1. The summed E-state index contributed by atoms with van der Waals surface area (Å²) in [5, 5.41) is 3.94. The maximum Gasteiger partial charge on any atom is 0.294 e. The van der Waals surface area contributed by atoms with Gasteiger partial charge in [0.05, 0.1) is 5.56 Å². The van der Waals surface area contributed by atoms with Crippen molar-refractivity contribution in [3.8, 4) is 5.69 Å². The number of para-hydroxylation sites is 1. The van der Waals surface area contributed by atoms with Gasteiger partial charge in [0, 0.05) is 24.2 Å². The second-order valence-corrected chi connectivity index (χ2v) is 5.51. The molecule has 136 valence electrons. The molecule has 0 aliphatic rings. The van der Waals surface area contributed by atoms with E-state index in [9.17, 15) is 18.8 Å². The lowest BCUT2D eigenvalue weighted by Crippen LogP contribution is -2.44. The molecule has 8 nitrogen and oxygen atoms in total. The van der Waals surface area contributed by atoms with Crippen LogP contribution in [0.25, 0.3) is 5.69 Å². The quantitative estimate of drug-likeness (QED) is 0.676. The number of aromatic nitrogens is 3. The summed E-state index contributed by atoms with van der Waals surface area (Å²) in [5.41, 5.74) is 3.79. The van der Waals surface area contributed by atoms with Crippen LogP contribution in [-0.4, -0.2) is 26.6 Å². The molecule has 27 heavy (non-hydrogen) atoms. The first-order chi connectivity index (χ1) is 13.0. The summed E-state index contributed by atoms with van der Waals surface area (Å²) in [5.74, 6) is -2.10. The number of nitrogens with one attached hydrogen (secondary N) is 2. The monoisotopic (exact) mass is 367 g/mol. The van der Waals surface area contributed by atoms with Crippen molar-refractivity contribution in [1.82, 2.24) is 25.6 Å². The van der Waals surface area contributed by atoms with Gasteiger partial charge in [-0.1, -0.05) is 12.1 Å². The molecule has 0 atom stereocenters. The molecule has 0 aliphatic heterocycles. The summed E-state index contributed by atoms with van der Waals surface area (Å²) in [4.78, 5) is 40.1. The van der Waals surface area contributed by atoms with Crippen LogP contribution >= 0.6 is 0 Å². The minimum atomic E-state index is -0.928. The fourth-order valence-electron chi connectivity index (χ4n) is 2.31. The largest absolute Gasteiger partial charge is 0.294 e. The van der Waals surface area contributed by atoms with Crippen LogP contribution in [0.5, 0.6) is 0 Å². The Hall–Kier alpha value is -3.88. The lowest BCUT2D eigenvalue weighted by atomic mass is 10.2. The summed E-state index contributed by atoms with van der Waals surface area (Å²) in [6.45, 7) is 1.56. The number of nitrogens with zero attached hydrogens (tertiary/aromatic N) is 3. The van der Waals surface area contributed by atoms with E-state index in [1.165, 1.54) is 36.7 Å². The van der Waals surface area contributed by atoms with Gasteiger partial charge in [-0.3, -0.25) is 30.2 Å². The Morgan fingerprint density at radius 3 is 2.52 bits per heavy atom. The Morgan fingerprint density at radius 1 is 1.07 bits per heavy atom. The molecular weight excluding hydrogens is 353 g/mol. The summed E-state index contributed by atoms with van der Waals surface area (Å²) >= 11 is 0. The number of halogens is 1. The number of hydrogen-bond acceptors (Lipinski definition) is 5. The second kappa shape index (κ2) is 7.56. The van der Waals surface area contributed by atoms with E-state index in [0.29, 0.717) is 5.69 Å². The number of hydrazine groups is 1. The third kappa shape index (κ3) is 3.87. The predicted octanol–water partition coefficient (Wildman–Crippen LogP) is 1.15. The fourth-order valence-corrected chi connectivity index (χ4v) is 2.31. The molecule has 0 spiro atoms. The van der Waals surface area contributed by atoms with E-state index in [0.717, 1.165) is 10.7 Å². The van der Waals surface area contributed by atoms with Crippen LogP contribution in [0.4, 0.5) is 4.39 Å². The van der Waals surface area contributed by atoms with Gasteiger partial charge >= 0.3 is 0 Å². The number of pyridine rings is 1. The topological polar surface area (TPSA) is 106 Å². The van der Waals surface area contributed by atoms with Crippen molar-refractivity contribution in [3.05, 3.63) is 87.9 Å². The molecule has 1 aromatic carbocycles. The van der Waals surface area contributed by atoms with E-state index < -0.39 is 28.8 Å². The van der Waals surface area contributed by atoms with Gasteiger partial charge < -0.3 is 0 Å². The number of aryl methyl sites for hydroxylation is 1. The number of amides is 2. The average Bonchev–Trinajstić information content (AvgIpc) is 2.67. The normalized spacial score (nSPS) is 10.3. The SMILES string of the molecule is Cc1cc(=O)c(C(=O)NNC(=O)c2cccnc2)nn1-c1ccccc1F. The van der Waals surface area contributed by atoms with Gasteiger partial charge in [-0.05, 0) is 31.2 Å². The zero-order valence-corrected chi connectivity index (χ0v) is 14.1. The van der Waals surface area contributed by atoms with Crippen molar-refractivity contribution in [3.63, 3.8) is 0 Å². The standard InChI is InChI=1S/C18H14FN5O3/c1-11-9-15(25)16(23-24(11)14-7-3-2-6-13(14)19)18(27)22-21-17(26)12-5-4-8-20-10-12/h2-10H,1H3,(H,21,26)(H,22,27). The summed E-state index contributed by atoms with van der Waals surface area (Å²) < 4.78 is 15.2. The lowest BCUT2D eigenvalue weighted by Gasteiger charge is -2.12. The third-order valence-corrected chi connectivity index (χ3v) is 3.62. The molecular formula is C18H14FN5O3. The van der Waals surface area contributed by atoms with E-state index in [2.05, 4.69) is 20.9 Å². The van der Waals surface area contributed by atoms with Crippen molar-refractivity contribution in [2.24, 2.45) is 0 Å². The van der Waals surface area contributed by atoms with Crippen molar-refractivity contribution in [1.29, 1.82) is 0 Å². The molecule has 2 amide bonds. The van der Waals surface area contributed by atoms with Crippen LogP contribution < -0.4 is 16.3 Å². The maximum atomic E-state index is 14.0. The molecule has 2 N–H and O–H groups in total. The van der Waals surface area contributed by atoms with Gasteiger partial charge in [0.1, 0.15) is 11.5 Å². The number of carbonyl (C=O) groups is 2. The molecule has 0 bridgehead atoms. The Morgan fingerprint density at radius 2 is 1.81 bits per heavy atom. The first-order valence-electron chi connectivity index (χ1n) is 7.84. The Kier molecular flexibility index (Phi) is 5.02. The number of benzene rings is 1. The van der Waals surface area contributed by atoms with E-state index in [4.69, 9.17) is 0 Å². The smallest absolute Gasteiger partial charge is 0.287 e. The van der Waals surface area contributed by atoms with Crippen molar-refractivity contribution < 1.29 is 14.0 Å². The van der Waals surface area contributed by atoms with Crippen LogP contribution in [0, 0.1) is 12.7 Å². The minimum absolute atomic E-state index is 0.0865. The van der Waals surface area contributed by atoms with Crippen molar-refractivity contribution >= 4 is 11.8 Å². The predicted molar refractivity (Wildman–Crippen MR) is 93.7 cm³/mol. The molecule has 0 radical (unpaired) electrons. The first kappa shape index (κ1) is 17.9. The second-order valence-electron chi connectivity index (χ2n) is 5.51.